The van der Waals surface area contributed by atoms with Crippen molar-refractivity contribution in [2.24, 2.45) is 4.99 Å². The van der Waals surface area contributed by atoms with E-state index in [1.807, 2.05) is 0 Å². The van der Waals surface area contributed by atoms with Crippen molar-refractivity contribution in [3.05, 3.63) is 47.0 Å². The first-order valence-electron chi connectivity index (χ1n) is 6.83. The molecule has 0 fully saturated rings. The van der Waals surface area contributed by atoms with E-state index in [9.17, 15) is 9.90 Å². The van der Waals surface area contributed by atoms with Crippen LogP contribution in [0, 0.1) is 0 Å². The summed E-state index contributed by atoms with van der Waals surface area (Å²) in [4.78, 5) is 19.6. The minimum absolute atomic E-state index is 0.260. The van der Waals surface area contributed by atoms with E-state index >= 15 is 0 Å². The van der Waals surface area contributed by atoms with E-state index in [2.05, 4.69) is 9.98 Å². The third-order valence-electron chi connectivity index (χ3n) is 3.63. The van der Waals surface area contributed by atoms with Gasteiger partial charge in [0.25, 0.3) is 0 Å². The van der Waals surface area contributed by atoms with Crippen LogP contribution in [-0.2, 0) is 6.42 Å². The molecule has 1 aliphatic rings. The number of aliphatic hydroxyl groups is 1. The number of benzene rings is 1. The first-order valence-corrected chi connectivity index (χ1v) is 6.83. The summed E-state index contributed by atoms with van der Waals surface area (Å²) in [5.41, 5.74) is 7.57. The Hall–Kier alpha value is -2.80. The molecule has 2 heterocycles. The van der Waals surface area contributed by atoms with E-state index in [0.29, 0.717) is 30.2 Å². The predicted molar refractivity (Wildman–Crippen MR) is 82.1 cm³/mol. The number of aromatic nitrogens is 1. The van der Waals surface area contributed by atoms with Crippen LogP contribution in [0.15, 0.2) is 35.3 Å². The van der Waals surface area contributed by atoms with Crippen LogP contribution in [0.25, 0.3) is 0 Å². The molecule has 1 aromatic carbocycles. The van der Waals surface area contributed by atoms with Gasteiger partial charge in [0.1, 0.15) is 11.6 Å². The van der Waals surface area contributed by atoms with Gasteiger partial charge in [0, 0.05) is 12.1 Å². The van der Waals surface area contributed by atoms with E-state index in [4.69, 9.17) is 10.8 Å². The second kappa shape index (κ2) is 5.53. The number of nitrogens with one attached hydrogen (secondary N) is 1. The van der Waals surface area contributed by atoms with Gasteiger partial charge in [0.2, 0.25) is 0 Å². The molecule has 0 bridgehead atoms. The van der Waals surface area contributed by atoms with E-state index in [1.165, 1.54) is 0 Å². The van der Waals surface area contributed by atoms with Gasteiger partial charge in [-0.1, -0.05) is 12.1 Å². The molecular weight excluding hydrogens is 284 g/mol. The van der Waals surface area contributed by atoms with E-state index in [-0.39, 0.29) is 5.56 Å². The first-order chi connectivity index (χ1) is 10.5. The maximum absolute atomic E-state index is 10.8. The largest absolute Gasteiger partial charge is 0.478 e. The zero-order valence-corrected chi connectivity index (χ0v) is 11.7. The number of aromatic carboxylic acids is 1. The first kappa shape index (κ1) is 14.2. The number of carboxylic acids is 1. The van der Waals surface area contributed by atoms with Gasteiger partial charge in [0.05, 0.1) is 11.9 Å². The molecule has 5 N–H and O–H groups in total. The number of fused-ring (bicyclic) bond motifs is 1. The summed E-state index contributed by atoms with van der Waals surface area (Å²) in [6.45, 7) is 0.557. The molecule has 0 spiro atoms. The number of carbonyl (C=O) groups is 1. The topological polar surface area (TPSA) is 115 Å². The summed E-state index contributed by atoms with van der Waals surface area (Å²) in [5, 5.41) is 19.2. The Kier molecular flexibility index (Phi) is 3.56. The van der Waals surface area contributed by atoms with Crippen molar-refractivity contribution >= 4 is 23.9 Å². The summed E-state index contributed by atoms with van der Waals surface area (Å²) in [6.07, 6.45) is 1.45. The van der Waals surface area contributed by atoms with Gasteiger partial charge in [-0.15, -0.1) is 0 Å². The second-order valence-corrected chi connectivity index (χ2v) is 5.14. The number of carboxylic acid groups (broad SMARTS) is 1. The van der Waals surface area contributed by atoms with Crippen molar-refractivity contribution in [3.8, 4) is 0 Å². The molecule has 114 valence electrons. The predicted octanol–water partition coefficient (Wildman–Crippen LogP) is 1.50. The van der Waals surface area contributed by atoms with Gasteiger partial charge in [-0.2, -0.15) is 0 Å². The Balaban J connectivity index is 1.66. The van der Waals surface area contributed by atoms with Crippen molar-refractivity contribution in [1.82, 2.24) is 9.88 Å². The molecule has 22 heavy (non-hydrogen) atoms. The monoisotopic (exact) mass is 300 g/mol. The molecule has 7 nitrogen and oxygen atoms in total. The van der Waals surface area contributed by atoms with Crippen LogP contribution in [0.2, 0.25) is 0 Å². The lowest BCUT2D eigenvalue weighted by Crippen LogP contribution is -2.31. The number of nitrogens with zero attached hydrogens (tertiary/aromatic N) is 2. The number of rotatable bonds is 4. The fourth-order valence-corrected chi connectivity index (χ4v) is 2.41. The van der Waals surface area contributed by atoms with E-state index < -0.39 is 12.2 Å². The number of hydrogen-bond acceptors (Lipinski definition) is 5. The molecule has 1 atom stereocenters. The molecule has 1 aromatic heterocycles. The van der Waals surface area contributed by atoms with Crippen LogP contribution >= 0.6 is 0 Å². The van der Waals surface area contributed by atoms with Gasteiger partial charge in [0.15, 0.2) is 6.23 Å². The molecule has 3 rings (SSSR count). The summed E-state index contributed by atoms with van der Waals surface area (Å²) in [5.74, 6) is 0.0992. The van der Waals surface area contributed by atoms with Gasteiger partial charge < -0.3 is 25.8 Å². The summed E-state index contributed by atoms with van der Waals surface area (Å²) in [6, 6.07) is 8.37. The molecule has 1 unspecified atom stereocenters. The number of aromatic amines is 1. The van der Waals surface area contributed by atoms with Gasteiger partial charge in [-0.25, -0.2) is 9.79 Å². The molecule has 1 aliphatic heterocycles. The Labute approximate surface area is 126 Å². The third kappa shape index (κ3) is 2.66. The van der Waals surface area contributed by atoms with Crippen molar-refractivity contribution in [2.75, 3.05) is 12.3 Å². The zero-order valence-electron chi connectivity index (χ0n) is 11.7. The molecule has 7 heteroatoms. The number of hydrogen-bond donors (Lipinski definition) is 4. The van der Waals surface area contributed by atoms with Gasteiger partial charge in [-0.3, -0.25) is 0 Å². The highest BCUT2D eigenvalue weighted by molar-refractivity contribution is 5.87. The number of aliphatic hydroxyl groups excluding tert-OH is 1. The molecule has 0 radical (unpaired) electrons. The normalized spacial score (nSPS) is 16.6. The van der Waals surface area contributed by atoms with Gasteiger partial charge in [-0.05, 0) is 30.2 Å². The van der Waals surface area contributed by atoms with Crippen LogP contribution in [0.5, 0.6) is 0 Å². The molecule has 0 saturated heterocycles. The molecular formula is C15H16N4O3. The number of nitrogens with two attached hydrogens (primary N) is 1. The molecule has 0 amide bonds. The number of nitrogen functional groups attached to an aromatic ring is 1. The Bertz CT molecular complexity index is 721. The molecule has 0 saturated carbocycles. The van der Waals surface area contributed by atoms with E-state index in [0.717, 1.165) is 5.56 Å². The number of H-pyrrole nitrogens is 1. The summed E-state index contributed by atoms with van der Waals surface area (Å²) < 4.78 is 0. The van der Waals surface area contributed by atoms with Gasteiger partial charge >= 0.3 is 5.97 Å². The number of aliphatic imine (C=N–C) groups is 1. The SMILES string of the molecule is Nc1cc2c([nH]1)N=CN(CCc1ccc(C(=O)O)cc1)C2O. The lowest BCUT2D eigenvalue weighted by atomic mass is 10.1. The molecule has 0 aliphatic carbocycles. The minimum atomic E-state index is -0.942. The zero-order chi connectivity index (χ0) is 15.7. The molecule has 2 aromatic rings. The standard InChI is InChI=1S/C15H16N4O3/c16-12-7-11-13(18-12)17-8-19(14(11)20)6-5-9-1-3-10(4-2-9)15(21)22/h1-4,7-8,14,18,20H,5-6,16H2,(H,21,22). The van der Waals surface area contributed by atoms with E-state index in [1.54, 1.807) is 41.6 Å². The van der Waals surface area contributed by atoms with Crippen LogP contribution in [-0.4, -0.2) is 38.9 Å². The highest BCUT2D eigenvalue weighted by Gasteiger charge is 2.23. The lowest BCUT2D eigenvalue weighted by Gasteiger charge is -2.28. The Morgan fingerprint density at radius 2 is 2.09 bits per heavy atom. The Morgan fingerprint density at radius 1 is 1.36 bits per heavy atom. The summed E-state index contributed by atoms with van der Waals surface area (Å²) in [7, 11) is 0. The van der Waals surface area contributed by atoms with Crippen molar-refractivity contribution in [1.29, 1.82) is 0 Å². The van der Waals surface area contributed by atoms with Crippen LogP contribution in [0.1, 0.15) is 27.7 Å². The average molecular weight is 300 g/mol. The maximum atomic E-state index is 10.8. The van der Waals surface area contributed by atoms with Crippen molar-refractivity contribution in [2.45, 2.75) is 12.6 Å². The van der Waals surface area contributed by atoms with Crippen molar-refractivity contribution < 1.29 is 15.0 Å². The smallest absolute Gasteiger partial charge is 0.335 e. The fourth-order valence-electron chi connectivity index (χ4n) is 2.41. The maximum Gasteiger partial charge on any atom is 0.335 e. The minimum Gasteiger partial charge on any atom is -0.478 e. The highest BCUT2D eigenvalue weighted by Crippen LogP contribution is 2.32. The quantitative estimate of drug-likeness (QED) is 0.683. The third-order valence-corrected chi connectivity index (χ3v) is 3.63. The van der Waals surface area contributed by atoms with Crippen LogP contribution < -0.4 is 5.73 Å². The fraction of sp³-hybridized carbons (Fsp3) is 0.200. The number of anilines is 1. The summed E-state index contributed by atoms with van der Waals surface area (Å²) >= 11 is 0. The highest BCUT2D eigenvalue weighted by atomic mass is 16.4. The van der Waals surface area contributed by atoms with Crippen LogP contribution in [0.3, 0.4) is 0 Å². The van der Waals surface area contributed by atoms with Crippen molar-refractivity contribution in [3.63, 3.8) is 0 Å². The van der Waals surface area contributed by atoms with Crippen LogP contribution in [0.4, 0.5) is 11.6 Å². The lowest BCUT2D eigenvalue weighted by molar-refractivity contribution is 0.0552. The second-order valence-electron chi connectivity index (χ2n) is 5.14. The Morgan fingerprint density at radius 3 is 2.77 bits per heavy atom. The average Bonchev–Trinajstić information content (AvgIpc) is 2.88.